The van der Waals surface area contributed by atoms with Crippen LogP contribution in [-0.4, -0.2) is 29.4 Å². The molecule has 1 aromatic carbocycles. The number of ether oxygens (including phenoxy) is 2. The van der Waals surface area contributed by atoms with Crippen molar-refractivity contribution in [3.8, 4) is 5.75 Å². The van der Waals surface area contributed by atoms with Crippen LogP contribution in [0.15, 0.2) is 18.2 Å². The molecule has 19 heavy (non-hydrogen) atoms. The Morgan fingerprint density at radius 3 is 2.95 bits per heavy atom. The van der Waals surface area contributed by atoms with E-state index in [9.17, 15) is 0 Å². The van der Waals surface area contributed by atoms with Crippen molar-refractivity contribution in [2.45, 2.75) is 31.9 Å². The molecule has 1 aliphatic rings. The predicted octanol–water partition coefficient (Wildman–Crippen LogP) is 3.23. The van der Waals surface area contributed by atoms with Gasteiger partial charge in [0.05, 0.1) is 24.3 Å². The molecule has 5 heteroatoms. The van der Waals surface area contributed by atoms with Crippen molar-refractivity contribution >= 4 is 23.3 Å². The highest BCUT2D eigenvalue weighted by atomic mass is 32.1. The maximum atomic E-state index is 5.74. The molecule has 1 N–H and O–H groups in total. The first kappa shape index (κ1) is 12.7. The highest BCUT2D eigenvalue weighted by Crippen LogP contribution is 2.37. The number of aromatic nitrogens is 2. The lowest BCUT2D eigenvalue weighted by atomic mass is 9.94. The molecule has 2 aromatic rings. The quantitative estimate of drug-likeness (QED) is 0.857. The zero-order valence-electron chi connectivity index (χ0n) is 11.4. The summed E-state index contributed by atoms with van der Waals surface area (Å²) in [5, 5.41) is 0. The van der Waals surface area contributed by atoms with Crippen molar-refractivity contribution < 1.29 is 9.47 Å². The Morgan fingerprint density at radius 2 is 2.32 bits per heavy atom. The van der Waals surface area contributed by atoms with Crippen molar-refractivity contribution in [3.05, 3.63) is 23.0 Å². The summed E-state index contributed by atoms with van der Waals surface area (Å²) in [7, 11) is 1.67. The average molecular weight is 278 g/mol. The Morgan fingerprint density at radius 1 is 1.53 bits per heavy atom. The lowest BCUT2D eigenvalue weighted by Gasteiger charge is -2.30. The molecule has 3 rings (SSSR count). The number of nitrogens with one attached hydrogen (secondary N) is 1. The fourth-order valence-electron chi connectivity index (χ4n) is 2.90. The van der Waals surface area contributed by atoms with Crippen LogP contribution < -0.4 is 4.74 Å². The van der Waals surface area contributed by atoms with E-state index in [0.717, 1.165) is 34.6 Å². The molecular formula is C14H18N2O2S. The summed E-state index contributed by atoms with van der Waals surface area (Å²) in [6, 6.07) is 6.00. The maximum Gasteiger partial charge on any atom is 0.178 e. The molecule has 2 unspecified atom stereocenters. The summed E-state index contributed by atoms with van der Waals surface area (Å²) in [6.07, 6.45) is 1.11. The van der Waals surface area contributed by atoms with E-state index in [0.29, 0.717) is 0 Å². The highest BCUT2D eigenvalue weighted by molar-refractivity contribution is 7.71. The van der Waals surface area contributed by atoms with Gasteiger partial charge in [-0.1, -0.05) is 6.07 Å². The van der Waals surface area contributed by atoms with Crippen molar-refractivity contribution in [1.29, 1.82) is 0 Å². The van der Waals surface area contributed by atoms with E-state index < -0.39 is 0 Å². The molecule has 102 valence electrons. The number of benzene rings is 1. The van der Waals surface area contributed by atoms with E-state index in [4.69, 9.17) is 21.7 Å². The fraction of sp³-hybridized carbons (Fsp3) is 0.500. The highest BCUT2D eigenvalue weighted by Gasteiger charge is 2.40. The molecule has 0 spiro atoms. The SMILES string of the molecule is COc1cccc2c1[nH]c(=S)n2C1(C)CCOC1C. The van der Waals surface area contributed by atoms with E-state index in [1.165, 1.54) is 0 Å². The van der Waals surface area contributed by atoms with E-state index in [-0.39, 0.29) is 11.6 Å². The minimum Gasteiger partial charge on any atom is -0.494 e. The Balaban J connectivity index is 2.30. The number of hydrogen-bond acceptors (Lipinski definition) is 3. The maximum absolute atomic E-state index is 5.74. The molecule has 0 aliphatic carbocycles. The molecule has 0 amide bonds. The topological polar surface area (TPSA) is 39.2 Å². The number of nitrogens with zero attached hydrogens (tertiary/aromatic N) is 1. The zero-order chi connectivity index (χ0) is 13.6. The standard InChI is InChI=1S/C14H18N2O2S/c1-9-14(2,7-8-18-9)16-10-5-4-6-11(17-3)12(10)15-13(16)19/h4-6,9H,7-8H2,1-3H3,(H,15,19). The number of fused-ring (bicyclic) bond motifs is 1. The van der Waals surface area contributed by atoms with Crippen molar-refractivity contribution in [2.24, 2.45) is 0 Å². The van der Waals surface area contributed by atoms with Gasteiger partial charge in [0.2, 0.25) is 0 Å². The van der Waals surface area contributed by atoms with Crippen LogP contribution in [0.5, 0.6) is 5.75 Å². The number of imidazole rings is 1. The van der Waals surface area contributed by atoms with Crippen LogP contribution in [0.2, 0.25) is 0 Å². The average Bonchev–Trinajstić information content (AvgIpc) is 2.89. The molecular weight excluding hydrogens is 260 g/mol. The van der Waals surface area contributed by atoms with Crippen molar-refractivity contribution in [2.75, 3.05) is 13.7 Å². The summed E-state index contributed by atoms with van der Waals surface area (Å²) in [5.41, 5.74) is 1.92. The zero-order valence-corrected chi connectivity index (χ0v) is 12.2. The molecule has 1 fully saturated rings. The smallest absolute Gasteiger partial charge is 0.178 e. The third-order valence-electron chi connectivity index (χ3n) is 4.26. The van der Waals surface area contributed by atoms with Gasteiger partial charge in [-0.3, -0.25) is 0 Å². The van der Waals surface area contributed by atoms with Crippen molar-refractivity contribution in [1.82, 2.24) is 9.55 Å². The van der Waals surface area contributed by atoms with Gasteiger partial charge in [0.15, 0.2) is 4.77 Å². The summed E-state index contributed by atoms with van der Waals surface area (Å²) < 4.78 is 14.0. The second-order valence-electron chi connectivity index (χ2n) is 5.24. The second-order valence-corrected chi connectivity index (χ2v) is 5.63. The first-order valence-corrected chi connectivity index (χ1v) is 6.88. The van der Waals surface area contributed by atoms with Crippen LogP contribution in [0.1, 0.15) is 20.3 Å². The molecule has 4 nitrogen and oxygen atoms in total. The lowest BCUT2D eigenvalue weighted by Crippen LogP contribution is -2.36. The van der Waals surface area contributed by atoms with Gasteiger partial charge in [0.25, 0.3) is 0 Å². The monoisotopic (exact) mass is 278 g/mol. The lowest BCUT2D eigenvalue weighted by molar-refractivity contribution is 0.0770. The molecule has 0 radical (unpaired) electrons. The predicted molar refractivity (Wildman–Crippen MR) is 77.4 cm³/mol. The molecule has 1 aromatic heterocycles. The molecule has 2 atom stereocenters. The summed E-state index contributed by atoms with van der Waals surface area (Å²) in [6.45, 7) is 5.08. The summed E-state index contributed by atoms with van der Waals surface area (Å²) in [5.74, 6) is 0.817. The van der Waals surface area contributed by atoms with Crippen LogP contribution in [0, 0.1) is 4.77 Å². The molecule has 0 bridgehead atoms. The van der Waals surface area contributed by atoms with Crippen LogP contribution >= 0.6 is 12.2 Å². The van der Waals surface area contributed by atoms with E-state index in [1.807, 2.05) is 12.1 Å². The van der Waals surface area contributed by atoms with Gasteiger partial charge in [-0.05, 0) is 44.6 Å². The number of aromatic amines is 1. The molecule has 1 saturated heterocycles. The second kappa shape index (κ2) is 4.35. The summed E-state index contributed by atoms with van der Waals surface area (Å²) in [4.78, 5) is 3.27. The largest absolute Gasteiger partial charge is 0.494 e. The number of para-hydroxylation sites is 1. The normalized spacial score (nSPS) is 27.0. The number of rotatable bonds is 2. The molecule has 1 aliphatic heterocycles. The van der Waals surface area contributed by atoms with Crippen LogP contribution in [0.4, 0.5) is 0 Å². The van der Waals surface area contributed by atoms with Crippen LogP contribution in [-0.2, 0) is 10.3 Å². The Kier molecular flexibility index (Phi) is 2.91. The number of H-pyrrole nitrogens is 1. The minimum absolute atomic E-state index is 0.109. The van der Waals surface area contributed by atoms with Crippen molar-refractivity contribution in [3.63, 3.8) is 0 Å². The molecule has 2 heterocycles. The third kappa shape index (κ3) is 1.72. The van der Waals surface area contributed by atoms with E-state index in [2.05, 4.69) is 29.5 Å². The van der Waals surface area contributed by atoms with E-state index in [1.54, 1.807) is 7.11 Å². The van der Waals surface area contributed by atoms with Gasteiger partial charge in [-0.15, -0.1) is 0 Å². The van der Waals surface area contributed by atoms with Crippen LogP contribution in [0.25, 0.3) is 11.0 Å². The van der Waals surface area contributed by atoms with Gasteiger partial charge >= 0.3 is 0 Å². The summed E-state index contributed by atoms with van der Waals surface area (Å²) >= 11 is 5.52. The Hall–Kier alpha value is -1.33. The Bertz CT molecular complexity index is 676. The third-order valence-corrected chi connectivity index (χ3v) is 4.55. The minimum atomic E-state index is -0.109. The van der Waals surface area contributed by atoms with Gasteiger partial charge in [0.1, 0.15) is 11.3 Å². The fourth-order valence-corrected chi connectivity index (χ4v) is 3.31. The van der Waals surface area contributed by atoms with Gasteiger partial charge < -0.3 is 19.0 Å². The number of hydrogen-bond donors (Lipinski definition) is 1. The number of methoxy groups -OCH3 is 1. The van der Waals surface area contributed by atoms with E-state index >= 15 is 0 Å². The van der Waals surface area contributed by atoms with Gasteiger partial charge in [-0.25, -0.2) is 0 Å². The van der Waals surface area contributed by atoms with Gasteiger partial charge in [0, 0.05) is 6.61 Å². The first-order valence-electron chi connectivity index (χ1n) is 6.48. The Labute approximate surface area is 117 Å². The van der Waals surface area contributed by atoms with Gasteiger partial charge in [-0.2, -0.15) is 0 Å². The molecule has 0 saturated carbocycles. The first-order chi connectivity index (χ1) is 9.08. The van der Waals surface area contributed by atoms with Crippen LogP contribution in [0.3, 0.4) is 0 Å².